The van der Waals surface area contributed by atoms with Crippen LogP contribution >= 0.6 is 23.5 Å². The first-order valence-electron chi connectivity index (χ1n) is 21.7. The normalized spacial score (nSPS) is 12.4. The molecule has 0 atom stereocenters. The molecule has 6 aromatic rings. The number of methoxy groups -OCH3 is 2. The molecule has 0 unspecified atom stereocenters. The van der Waals surface area contributed by atoms with E-state index >= 15 is 0 Å². The SMILES string of the molecule is CCCCNc1nc(Nc2ccc(-c3ccc(Nc4nc(NCCCC)nc(SCC(=O)OC)n4)c4c3C(=O)c3ccccc3C4=O)c3c2C(=O)c2ccccc2C3=O)nc(SCC(=O)OC)n1. The van der Waals surface area contributed by atoms with Crippen LogP contribution in [0.4, 0.5) is 35.2 Å². The molecule has 2 aliphatic carbocycles. The highest BCUT2D eigenvalue weighted by atomic mass is 32.2. The van der Waals surface area contributed by atoms with E-state index in [2.05, 4.69) is 51.2 Å². The molecule has 2 aliphatic rings. The molecule has 4 N–H and O–H groups in total. The molecule has 2 aromatic heterocycles. The number of hydrogen-bond acceptors (Lipinski definition) is 20. The summed E-state index contributed by atoms with van der Waals surface area (Å²) < 4.78 is 9.62. The fourth-order valence-corrected chi connectivity index (χ4v) is 8.91. The number of thioether (sulfide) groups is 2. The Kier molecular flexibility index (Phi) is 14.4. The zero-order chi connectivity index (χ0) is 47.9. The van der Waals surface area contributed by atoms with Gasteiger partial charge in [-0.05, 0) is 36.1 Å². The minimum absolute atomic E-state index is 0.00734. The van der Waals surface area contributed by atoms with Crippen molar-refractivity contribution in [3.05, 3.63) is 117 Å². The number of esters is 2. The van der Waals surface area contributed by atoms with Crippen LogP contribution in [-0.4, -0.2) is 104 Å². The van der Waals surface area contributed by atoms with E-state index in [4.69, 9.17) is 9.47 Å². The molecule has 18 nitrogen and oxygen atoms in total. The lowest BCUT2D eigenvalue weighted by Gasteiger charge is -2.26. The maximum atomic E-state index is 14.9. The monoisotopic (exact) mass is 952 g/mol. The third-order valence-corrected chi connectivity index (χ3v) is 12.5. The van der Waals surface area contributed by atoms with Crippen LogP contribution in [0.15, 0.2) is 83.1 Å². The summed E-state index contributed by atoms with van der Waals surface area (Å²) in [6.07, 6.45) is 3.49. The van der Waals surface area contributed by atoms with Crippen LogP contribution in [0.1, 0.15) is 103 Å². The van der Waals surface area contributed by atoms with Crippen LogP contribution in [0, 0.1) is 0 Å². The van der Waals surface area contributed by atoms with Gasteiger partial charge >= 0.3 is 11.9 Å². The highest BCUT2D eigenvalue weighted by molar-refractivity contribution is 8.00. The first-order valence-corrected chi connectivity index (χ1v) is 23.6. The van der Waals surface area contributed by atoms with Crippen LogP contribution in [0.2, 0.25) is 0 Å². The molecule has 0 bridgehead atoms. The molecule has 0 amide bonds. The van der Waals surface area contributed by atoms with Gasteiger partial charge in [-0.1, -0.05) is 111 Å². The first kappa shape index (κ1) is 46.9. The highest BCUT2D eigenvalue weighted by Gasteiger charge is 2.39. The second-order valence-corrected chi connectivity index (χ2v) is 17.2. The van der Waals surface area contributed by atoms with E-state index in [9.17, 15) is 28.8 Å². The Hall–Kier alpha value is -7.58. The second kappa shape index (κ2) is 20.9. The Morgan fingerprint density at radius 1 is 0.471 bits per heavy atom. The maximum absolute atomic E-state index is 14.9. The number of benzene rings is 4. The van der Waals surface area contributed by atoms with Gasteiger partial charge in [-0.3, -0.25) is 28.8 Å². The molecule has 2 heterocycles. The van der Waals surface area contributed by atoms with Crippen molar-refractivity contribution in [2.24, 2.45) is 0 Å². The minimum atomic E-state index is -0.489. The van der Waals surface area contributed by atoms with Crippen molar-refractivity contribution in [2.75, 3.05) is 60.1 Å². The number of fused-ring (bicyclic) bond motifs is 4. The number of nitrogens with one attached hydrogen (secondary N) is 4. The fourth-order valence-electron chi connectivity index (χ4n) is 7.57. The molecule has 68 heavy (non-hydrogen) atoms. The first-order chi connectivity index (χ1) is 33.0. The van der Waals surface area contributed by atoms with Crippen molar-refractivity contribution in [1.82, 2.24) is 29.9 Å². The lowest BCUT2D eigenvalue weighted by atomic mass is 9.75. The Labute approximate surface area is 398 Å². The van der Waals surface area contributed by atoms with Gasteiger partial charge in [-0.25, -0.2) is 0 Å². The number of aromatic nitrogens is 6. The number of carbonyl (C=O) groups excluding carboxylic acids is 6. The summed E-state index contributed by atoms with van der Waals surface area (Å²) in [5.41, 5.74) is 1.43. The molecule has 8 rings (SSSR count). The Morgan fingerprint density at radius 3 is 1.18 bits per heavy atom. The summed E-state index contributed by atoms with van der Waals surface area (Å²) in [5.74, 6) is -2.54. The van der Waals surface area contributed by atoms with Crippen molar-refractivity contribution in [2.45, 2.75) is 49.8 Å². The number of nitrogens with zero attached hydrogens (tertiary/aromatic N) is 6. The van der Waals surface area contributed by atoms with Gasteiger partial charge in [0.15, 0.2) is 33.4 Å². The van der Waals surface area contributed by atoms with Crippen LogP contribution in [0.25, 0.3) is 11.1 Å². The standard InChI is InChI=1S/C48H44N10O8S2/c1-5-7-21-49-43-53-45(57-47(55-43)67-23-33(59)65-3)51-31-19-17-25(35-37(31)41(63)29-15-11-9-13-27(29)39(35)61)26-18-20-32(38-36(26)40(62)28-14-10-12-16-30(28)42(38)64)52-46-54-44(50-22-8-6-2)56-48(58-46)68-24-34(60)66-4/h9-20H,5-8,21-24H2,1-4H3,(H2,49,51,53,55,57)(H2,50,52,54,56,58). The lowest BCUT2D eigenvalue weighted by molar-refractivity contribution is -0.138. The van der Waals surface area contributed by atoms with Crippen molar-refractivity contribution in [3.63, 3.8) is 0 Å². The average Bonchev–Trinajstić information content (AvgIpc) is 3.35. The van der Waals surface area contributed by atoms with Crippen LogP contribution in [0.3, 0.4) is 0 Å². The highest BCUT2D eigenvalue weighted by Crippen LogP contribution is 2.44. The molecule has 0 radical (unpaired) electrons. The number of anilines is 6. The van der Waals surface area contributed by atoms with E-state index in [0.29, 0.717) is 13.1 Å². The topological polar surface area (TPSA) is 246 Å². The van der Waals surface area contributed by atoms with E-state index in [1.54, 1.807) is 72.8 Å². The number of ketones is 4. The summed E-state index contributed by atoms with van der Waals surface area (Å²) in [6.45, 7) is 5.21. The van der Waals surface area contributed by atoms with Crippen LogP contribution in [-0.2, 0) is 19.1 Å². The predicted molar refractivity (Wildman–Crippen MR) is 257 cm³/mol. The maximum Gasteiger partial charge on any atom is 0.316 e. The molecule has 0 saturated carbocycles. The smallest absolute Gasteiger partial charge is 0.316 e. The Morgan fingerprint density at radius 2 is 0.824 bits per heavy atom. The number of unbranched alkanes of at least 4 members (excludes halogenated alkanes) is 2. The predicted octanol–water partition coefficient (Wildman–Crippen LogP) is 7.72. The number of rotatable bonds is 19. The molecule has 20 heteroatoms. The summed E-state index contributed by atoms with van der Waals surface area (Å²) in [7, 11) is 2.56. The Bertz CT molecular complexity index is 2820. The van der Waals surface area contributed by atoms with Gasteiger partial charge in [0.2, 0.25) is 23.8 Å². The molecule has 0 saturated heterocycles. The lowest BCUT2D eigenvalue weighted by Crippen LogP contribution is -2.25. The van der Waals surface area contributed by atoms with Gasteiger partial charge in [0.25, 0.3) is 0 Å². The third-order valence-electron chi connectivity index (χ3n) is 10.9. The quantitative estimate of drug-likeness (QED) is 0.0344. The van der Waals surface area contributed by atoms with Gasteiger partial charge in [0.05, 0.1) is 48.2 Å². The van der Waals surface area contributed by atoms with Gasteiger partial charge in [-0.2, -0.15) is 29.9 Å². The number of carbonyl (C=O) groups is 6. The summed E-state index contributed by atoms with van der Waals surface area (Å²) in [6, 6.07) is 19.3. The van der Waals surface area contributed by atoms with Gasteiger partial charge in [-0.15, -0.1) is 0 Å². The summed E-state index contributed by atoms with van der Waals surface area (Å²) in [4.78, 5) is 110. The van der Waals surface area contributed by atoms with Crippen molar-refractivity contribution >= 4 is 93.8 Å². The van der Waals surface area contributed by atoms with Crippen molar-refractivity contribution in [3.8, 4) is 11.1 Å². The summed E-state index contributed by atoms with van der Waals surface area (Å²) in [5, 5.41) is 13.1. The molecule has 0 aliphatic heterocycles. The Balaban J connectivity index is 1.28. The van der Waals surface area contributed by atoms with Crippen molar-refractivity contribution < 1.29 is 38.2 Å². The molecule has 4 aromatic carbocycles. The molecular weight excluding hydrogens is 909 g/mol. The zero-order valence-corrected chi connectivity index (χ0v) is 39.0. The molecule has 0 spiro atoms. The molecule has 0 fully saturated rings. The van der Waals surface area contributed by atoms with Gasteiger partial charge < -0.3 is 30.7 Å². The van der Waals surface area contributed by atoms with Crippen LogP contribution < -0.4 is 21.3 Å². The van der Waals surface area contributed by atoms with E-state index in [-0.39, 0.29) is 113 Å². The molecular formula is C48H44N10O8S2. The number of ether oxygens (including phenoxy) is 2. The van der Waals surface area contributed by atoms with E-state index in [0.717, 1.165) is 49.2 Å². The van der Waals surface area contributed by atoms with E-state index in [1.165, 1.54) is 14.2 Å². The van der Waals surface area contributed by atoms with Gasteiger partial charge in [0.1, 0.15) is 0 Å². The van der Waals surface area contributed by atoms with E-state index in [1.807, 2.05) is 13.8 Å². The van der Waals surface area contributed by atoms with Crippen molar-refractivity contribution in [1.29, 1.82) is 0 Å². The second-order valence-electron chi connectivity index (χ2n) is 15.3. The van der Waals surface area contributed by atoms with Crippen LogP contribution in [0.5, 0.6) is 0 Å². The average molecular weight is 953 g/mol. The fraction of sp³-hybridized carbons (Fsp3) is 0.250. The zero-order valence-electron chi connectivity index (χ0n) is 37.4. The van der Waals surface area contributed by atoms with E-state index < -0.39 is 35.1 Å². The third kappa shape index (κ3) is 9.77. The number of hydrogen-bond donors (Lipinski definition) is 4. The largest absolute Gasteiger partial charge is 0.468 e. The van der Waals surface area contributed by atoms with Gasteiger partial charge in [0, 0.05) is 46.5 Å². The summed E-state index contributed by atoms with van der Waals surface area (Å²) >= 11 is 2.07. The minimum Gasteiger partial charge on any atom is -0.468 e. The molecule has 346 valence electrons.